The van der Waals surface area contributed by atoms with Crippen molar-refractivity contribution >= 4 is 24.4 Å². The summed E-state index contributed by atoms with van der Waals surface area (Å²) in [5.41, 5.74) is 0.993. The van der Waals surface area contributed by atoms with Gasteiger partial charge in [0.15, 0.2) is 0 Å². The molecule has 26 heavy (non-hydrogen) atoms. The standard InChI is InChI=1S/C19H27N3O3.ClH/c23-18(21-12-8-20-9-13-21)14-16-6-10-22(11-7-16)19(24)25-15-17-4-2-1-3-5-17;/h1-5,16,20H,6-15H2;1H. The van der Waals surface area contributed by atoms with Gasteiger partial charge in [-0.25, -0.2) is 4.79 Å². The van der Waals surface area contributed by atoms with E-state index >= 15 is 0 Å². The molecule has 6 nitrogen and oxygen atoms in total. The lowest BCUT2D eigenvalue weighted by molar-refractivity contribution is -0.133. The SMILES string of the molecule is Cl.O=C(CC1CCN(C(=O)OCc2ccccc2)CC1)N1CCNCC1. The zero-order valence-electron chi connectivity index (χ0n) is 15.1. The fourth-order valence-electron chi connectivity index (χ4n) is 3.42. The molecule has 0 saturated carbocycles. The minimum Gasteiger partial charge on any atom is -0.445 e. The third-order valence-electron chi connectivity index (χ3n) is 5.01. The smallest absolute Gasteiger partial charge is 0.410 e. The van der Waals surface area contributed by atoms with Crippen LogP contribution in [0, 0.1) is 5.92 Å². The van der Waals surface area contributed by atoms with Crippen molar-refractivity contribution in [2.45, 2.75) is 25.9 Å². The lowest BCUT2D eigenvalue weighted by Crippen LogP contribution is -2.47. The first kappa shape index (κ1) is 20.5. The number of nitrogens with zero attached hydrogens (tertiary/aromatic N) is 2. The quantitative estimate of drug-likeness (QED) is 0.869. The van der Waals surface area contributed by atoms with Gasteiger partial charge >= 0.3 is 6.09 Å². The van der Waals surface area contributed by atoms with E-state index in [-0.39, 0.29) is 24.4 Å². The van der Waals surface area contributed by atoms with Crippen LogP contribution in [0.5, 0.6) is 0 Å². The summed E-state index contributed by atoms with van der Waals surface area (Å²) in [6.07, 6.45) is 2.10. The predicted molar refractivity (Wildman–Crippen MR) is 102 cm³/mol. The van der Waals surface area contributed by atoms with Crippen LogP contribution in [0.1, 0.15) is 24.8 Å². The number of hydrogen-bond donors (Lipinski definition) is 1. The van der Waals surface area contributed by atoms with E-state index in [1.54, 1.807) is 4.90 Å². The van der Waals surface area contributed by atoms with Gasteiger partial charge in [-0.2, -0.15) is 0 Å². The molecule has 0 aliphatic carbocycles. The Kier molecular flexibility index (Phi) is 8.19. The highest BCUT2D eigenvalue weighted by Gasteiger charge is 2.27. The number of benzene rings is 1. The van der Waals surface area contributed by atoms with Gasteiger partial charge < -0.3 is 19.9 Å². The molecule has 1 aromatic rings. The van der Waals surface area contributed by atoms with Gasteiger partial charge in [0, 0.05) is 45.7 Å². The molecule has 7 heteroatoms. The molecule has 1 aromatic carbocycles. The Morgan fingerprint density at radius 2 is 1.65 bits per heavy atom. The van der Waals surface area contributed by atoms with Crippen molar-refractivity contribution in [2.75, 3.05) is 39.3 Å². The van der Waals surface area contributed by atoms with Crippen LogP contribution in [0.4, 0.5) is 4.79 Å². The Bertz CT molecular complexity index is 571. The van der Waals surface area contributed by atoms with Crippen LogP contribution < -0.4 is 5.32 Å². The molecule has 0 spiro atoms. The van der Waals surface area contributed by atoms with Crippen LogP contribution in [-0.2, 0) is 16.1 Å². The van der Waals surface area contributed by atoms with Crippen LogP contribution in [-0.4, -0.2) is 61.1 Å². The summed E-state index contributed by atoms with van der Waals surface area (Å²) >= 11 is 0. The maximum absolute atomic E-state index is 12.3. The second kappa shape index (κ2) is 10.4. The number of amides is 2. The Hall–Kier alpha value is -1.79. The molecule has 1 N–H and O–H groups in total. The number of ether oxygens (including phenoxy) is 1. The molecule has 2 saturated heterocycles. The van der Waals surface area contributed by atoms with Crippen LogP contribution in [0.15, 0.2) is 30.3 Å². The molecule has 2 amide bonds. The number of piperidine rings is 1. The maximum atomic E-state index is 12.3. The Morgan fingerprint density at radius 1 is 1.00 bits per heavy atom. The summed E-state index contributed by atoms with van der Waals surface area (Å²) < 4.78 is 5.38. The lowest BCUT2D eigenvalue weighted by Gasteiger charge is -2.33. The number of hydrogen-bond acceptors (Lipinski definition) is 4. The number of halogens is 1. The fraction of sp³-hybridized carbons (Fsp3) is 0.579. The third kappa shape index (κ3) is 5.88. The lowest BCUT2D eigenvalue weighted by atomic mass is 9.93. The van der Waals surface area contributed by atoms with Gasteiger partial charge in [0.1, 0.15) is 6.61 Å². The van der Waals surface area contributed by atoms with E-state index in [0.29, 0.717) is 32.0 Å². The van der Waals surface area contributed by atoms with Crippen molar-refractivity contribution < 1.29 is 14.3 Å². The molecule has 0 bridgehead atoms. The van der Waals surface area contributed by atoms with Crippen LogP contribution in [0.25, 0.3) is 0 Å². The molecule has 0 aromatic heterocycles. The van der Waals surface area contributed by atoms with Crippen molar-refractivity contribution in [2.24, 2.45) is 5.92 Å². The molecular weight excluding hydrogens is 354 g/mol. The highest BCUT2D eigenvalue weighted by atomic mass is 35.5. The van der Waals surface area contributed by atoms with Gasteiger partial charge in [-0.15, -0.1) is 12.4 Å². The highest BCUT2D eigenvalue weighted by molar-refractivity contribution is 5.85. The summed E-state index contributed by atoms with van der Waals surface area (Å²) in [5.74, 6) is 0.632. The minimum atomic E-state index is -0.254. The number of piperazine rings is 1. The number of likely N-dealkylation sites (tertiary alicyclic amines) is 1. The van der Waals surface area contributed by atoms with Gasteiger partial charge in [0.2, 0.25) is 5.91 Å². The minimum absolute atomic E-state index is 0. The second-order valence-electron chi connectivity index (χ2n) is 6.81. The van der Waals surface area contributed by atoms with Crippen molar-refractivity contribution in [3.05, 3.63) is 35.9 Å². The van der Waals surface area contributed by atoms with Crippen molar-refractivity contribution in [1.82, 2.24) is 15.1 Å². The van der Waals surface area contributed by atoms with E-state index in [4.69, 9.17) is 4.74 Å². The van der Waals surface area contributed by atoms with E-state index in [1.165, 1.54) is 0 Å². The van der Waals surface area contributed by atoms with Gasteiger partial charge in [-0.05, 0) is 24.3 Å². The Balaban J connectivity index is 0.00000243. The Morgan fingerprint density at radius 3 is 2.31 bits per heavy atom. The van der Waals surface area contributed by atoms with Gasteiger partial charge in [-0.3, -0.25) is 4.79 Å². The monoisotopic (exact) mass is 381 g/mol. The summed E-state index contributed by atoms with van der Waals surface area (Å²) in [6, 6.07) is 9.70. The first-order valence-electron chi connectivity index (χ1n) is 9.16. The number of carbonyl (C=O) groups excluding carboxylic acids is 2. The topological polar surface area (TPSA) is 61.9 Å². The van der Waals surface area contributed by atoms with Crippen LogP contribution in [0.3, 0.4) is 0 Å². The zero-order chi connectivity index (χ0) is 17.5. The first-order valence-corrected chi connectivity index (χ1v) is 9.16. The largest absolute Gasteiger partial charge is 0.445 e. The Labute approximate surface area is 161 Å². The zero-order valence-corrected chi connectivity index (χ0v) is 15.9. The normalized spacial score (nSPS) is 18.2. The van der Waals surface area contributed by atoms with Crippen molar-refractivity contribution in [3.63, 3.8) is 0 Å². The van der Waals surface area contributed by atoms with E-state index < -0.39 is 0 Å². The molecule has 3 rings (SSSR count). The predicted octanol–water partition coefficient (Wildman–Crippen LogP) is 2.28. The highest BCUT2D eigenvalue weighted by Crippen LogP contribution is 2.22. The summed E-state index contributed by atoms with van der Waals surface area (Å²) in [6.45, 7) is 5.04. The number of carbonyl (C=O) groups is 2. The first-order chi connectivity index (χ1) is 12.2. The van der Waals surface area contributed by atoms with Crippen molar-refractivity contribution in [3.8, 4) is 0 Å². The molecule has 2 aliphatic rings. The molecule has 2 fully saturated rings. The van der Waals surface area contributed by atoms with E-state index in [1.807, 2.05) is 35.2 Å². The number of rotatable bonds is 4. The summed E-state index contributed by atoms with van der Waals surface area (Å²) in [7, 11) is 0. The fourth-order valence-corrected chi connectivity index (χ4v) is 3.42. The second-order valence-corrected chi connectivity index (χ2v) is 6.81. The average Bonchev–Trinajstić information content (AvgIpc) is 2.68. The van der Waals surface area contributed by atoms with Crippen LogP contribution in [0.2, 0.25) is 0 Å². The number of nitrogens with one attached hydrogen (secondary N) is 1. The van der Waals surface area contributed by atoms with Crippen molar-refractivity contribution in [1.29, 1.82) is 0 Å². The van der Waals surface area contributed by atoms with Gasteiger partial charge in [-0.1, -0.05) is 30.3 Å². The van der Waals surface area contributed by atoms with E-state index in [2.05, 4.69) is 5.32 Å². The molecule has 0 unspecified atom stereocenters. The summed E-state index contributed by atoms with van der Waals surface area (Å²) in [5, 5.41) is 3.26. The molecule has 144 valence electrons. The van der Waals surface area contributed by atoms with Crippen LogP contribution >= 0.6 is 12.4 Å². The van der Waals surface area contributed by atoms with Gasteiger partial charge in [0.25, 0.3) is 0 Å². The van der Waals surface area contributed by atoms with E-state index in [9.17, 15) is 9.59 Å². The van der Waals surface area contributed by atoms with E-state index in [0.717, 1.165) is 44.6 Å². The van der Waals surface area contributed by atoms with Gasteiger partial charge in [0.05, 0.1) is 0 Å². The summed E-state index contributed by atoms with van der Waals surface area (Å²) in [4.78, 5) is 28.2. The molecule has 0 radical (unpaired) electrons. The molecule has 2 heterocycles. The molecular formula is C19H28ClN3O3. The molecule has 2 aliphatic heterocycles. The third-order valence-corrected chi connectivity index (χ3v) is 5.01. The maximum Gasteiger partial charge on any atom is 0.410 e. The average molecular weight is 382 g/mol. The molecule has 0 atom stereocenters.